The predicted octanol–water partition coefficient (Wildman–Crippen LogP) is 1.59. The zero-order valence-electron chi connectivity index (χ0n) is 12.6. The first-order chi connectivity index (χ1) is 9.53. The molecule has 2 atom stereocenters. The van der Waals surface area contributed by atoms with Gasteiger partial charge in [0.05, 0.1) is 0 Å². The Bertz CT molecular complexity index is 457. The van der Waals surface area contributed by atoms with Gasteiger partial charge in [-0.25, -0.2) is 0 Å². The van der Waals surface area contributed by atoms with E-state index in [9.17, 15) is 5.11 Å². The molecule has 0 fully saturated rings. The average molecular weight is 279 g/mol. The largest absolute Gasteiger partial charge is 0.384 e. The maximum Gasteiger partial charge on any atom is 0.186 e. The quantitative estimate of drug-likeness (QED) is 0.803. The summed E-state index contributed by atoms with van der Waals surface area (Å²) in [5.74, 6) is 0. The molecule has 1 aromatic carbocycles. The van der Waals surface area contributed by atoms with Crippen molar-refractivity contribution >= 4 is 0 Å². The molecule has 1 aromatic rings. The summed E-state index contributed by atoms with van der Waals surface area (Å²) in [6.07, 6.45) is 2.15. The van der Waals surface area contributed by atoms with Crippen LogP contribution in [0.1, 0.15) is 30.9 Å². The van der Waals surface area contributed by atoms with Gasteiger partial charge in [0.2, 0.25) is 0 Å². The van der Waals surface area contributed by atoms with Crippen LogP contribution >= 0.6 is 0 Å². The summed E-state index contributed by atoms with van der Waals surface area (Å²) in [6.45, 7) is 2.12. The van der Waals surface area contributed by atoms with E-state index in [4.69, 9.17) is 15.2 Å². The van der Waals surface area contributed by atoms with Crippen molar-refractivity contribution in [2.24, 2.45) is 5.73 Å². The van der Waals surface area contributed by atoms with Crippen LogP contribution in [-0.4, -0.2) is 37.8 Å². The van der Waals surface area contributed by atoms with E-state index in [2.05, 4.69) is 12.1 Å². The third-order valence-electron chi connectivity index (χ3n) is 4.79. The normalized spacial score (nSPS) is 25.3. The molecule has 0 bridgehead atoms. The molecule has 2 rings (SSSR count). The third-order valence-corrected chi connectivity index (χ3v) is 4.79. The molecule has 1 aliphatic rings. The van der Waals surface area contributed by atoms with E-state index in [1.807, 2.05) is 12.1 Å². The van der Waals surface area contributed by atoms with E-state index in [-0.39, 0.29) is 0 Å². The van der Waals surface area contributed by atoms with E-state index in [0.29, 0.717) is 6.54 Å². The van der Waals surface area contributed by atoms with Gasteiger partial charge in [-0.3, -0.25) is 0 Å². The number of benzene rings is 1. The lowest BCUT2D eigenvalue weighted by Gasteiger charge is -2.50. The summed E-state index contributed by atoms with van der Waals surface area (Å²) >= 11 is 0. The van der Waals surface area contributed by atoms with Crippen LogP contribution < -0.4 is 5.73 Å². The number of aryl methyl sites for hydroxylation is 1. The number of hydrogen-bond donors (Lipinski definition) is 2. The first-order valence-corrected chi connectivity index (χ1v) is 7.10. The number of nitrogens with two attached hydrogens (primary N) is 1. The molecule has 4 heteroatoms. The van der Waals surface area contributed by atoms with Gasteiger partial charge in [-0.2, -0.15) is 0 Å². The van der Waals surface area contributed by atoms with Gasteiger partial charge >= 0.3 is 0 Å². The Labute approximate surface area is 120 Å². The molecule has 2 unspecified atom stereocenters. The smallest absolute Gasteiger partial charge is 0.186 e. The molecule has 3 N–H and O–H groups in total. The monoisotopic (exact) mass is 279 g/mol. The van der Waals surface area contributed by atoms with E-state index in [0.717, 1.165) is 24.8 Å². The van der Waals surface area contributed by atoms with Crippen LogP contribution in [0.2, 0.25) is 0 Å². The molecular weight excluding hydrogens is 254 g/mol. The zero-order chi connectivity index (χ0) is 14.8. The lowest BCUT2D eigenvalue weighted by molar-refractivity contribution is -0.235. The Kier molecular flexibility index (Phi) is 4.49. The van der Waals surface area contributed by atoms with Gasteiger partial charge in [0.15, 0.2) is 6.29 Å². The van der Waals surface area contributed by atoms with E-state index < -0.39 is 17.3 Å². The number of ether oxygens (including phenoxy) is 2. The van der Waals surface area contributed by atoms with Crippen LogP contribution in [0.15, 0.2) is 24.3 Å². The minimum Gasteiger partial charge on any atom is -0.384 e. The highest BCUT2D eigenvalue weighted by Crippen LogP contribution is 2.46. The lowest BCUT2D eigenvalue weighted by atomic mass is 9.60. The van der Waals surface area contributed by atoms with Crippen molar-refractivity contribution in [3.63, 3.8) is 0 Å². The molecule has 0 aliphatic heterocycles. The maximum absolute atomic E-state index is 11.2. The molecule has 0 heterocycles. The predicted molar refractivity (Wildman–Crippen MR) is 78.5 cm³/mol. The van der Waals surface area contributed by atoms with Crippen molar-refractivity contribution < 1.29 is 14.6 Å². The lowest BCUT2D eigenvalue weighted by Crippen LogP contribution is -2.62. The fraction of sp³-hybridized carbons (Fsp3) is 0.625. The minimum absolute atomic E-state index is 0.361. The van der Waals surface area contributed by atoms with Crippen molar-refractivity contribution in [2.45, 2.75) is 43.5 Å². The number of rotatable bonds is 5. The van der Waals surface area contributed by atoms with E-state index in [1.54, 1.807) is 21.1 Å². The molecule has 1 aliphatic carbocycles. The number of hydrogen-bond acceptors (Lipinski definition) is 4. The summed E-state index contributed by atoms with van der Waals surface area (Å²) in [5.41, 5.74) is 6.76. The van der Waals surface area contributed by atoms with Gasteiger partial charge in [0, 0.05) is 26.2 Å². The Morgan fingerprint density at radius 1 is 1.35 bits per heavy atom. The van der Waals surface area contributed by atoms with Crippen LogP contribution in [0.5, 0.6) is 0 Å². The van der Waals surface area contributed by atoms with Crippen molar-refractivity contribution in [2.75, 3.05) is 20.8 Å². The van der Waals surface area contributed by atoms with Crippen molar-refractivity contribution in [3.8, 4) is 0 Å². The van der Waals surface area contributed by atoms with Gasteiger partial charge in [-0.1, -0.05) is 24.3 Å². The van der Waals surface area contributed by atoms with Gasteiger partial charge in [0.25, 0.3) is 0 Å². The maximum atomic E-state index is 11.2. The molecule has 0 amide bonds. The van der Waals surface area contributed by atoms with Gasteiger partial charge in [0.1, 0.15) is 5.60 Å². The topological polar surface area (TPSA) is 64.7 Å². The SMILES string of the molecule is COC(OC)C(C)(O)C1(CN)CCCc2ccccc21. The standard InChI is InChI=1S/C16H25NO3/c1-15(18,14(19-2)20-3)16(11-17)10-6-8-12-7-4-5-9-13(12)16/h4-5,7,9,14,18H,6,8,10-11,17H2,1-3H3. The van der Waals surface area contributed by atoms with Gasteiger partial charge in [-0.05, 0) is 37.3 Å². The molecule has 112 valence electrons. The van der Waals surface area contributed by atoms with Crippen LogP contribution in [0.4, 0.5) is 0 Å². The highest BCUT2D eigenvalue weighted by Gasteiger charge is 2.54. The highest BCUT2D eigenvalue weighted by molar-refractivity contribution is 5.40. The Morgan fingerprint density at radius 3 is 2.60 bits per heavy atom. The van der Waals surface area contributed by atoms with Crippen molar-refractivity contribution in [3.05, 3.63) is 35.4 Å². The summed E-state index contributed by atoms with van der Waals surface area (Å²) in [5, 5.41) is 11.2. The Morgan fingerprint density at radius 2 is 2.00 bits per heavy atom. The summed E-state index contributed by atoms with van der Waals surface area (Å²) in [7, 11) is 3.09. The second-order valence-corrected chi connectivity index (χ2v) is 5.75. The average Bonchev–Trinajstić information content (AvgIpc) is 2.47. The van der Waals surface area contributed by atoms with Crippen LogP contribution in [0, 0.1) is 0 Å². The Balaban J connectivity index is 2.55. The Hall–Kier alpha value is -0.940. The van der Waals surface area contributed by atoms with Crippen LogP contribution in [-0.2, 0) is 21.3 Å². The second kappa shape index (κ2) is 5.82. The molecule has 20 heavy (non-hydrogen) atoms. The molecule has 0 radical (unpaired) electrons. The molecular formula is C16H25NO3. The molecule has 0 spiro atoms. The van der Waals surface area contributed by atoms with Crippen LogP contribution in [0.3, 0.4) is 0 Å². The number of methoxy groups -OCH3 is 2. The summed E-state index contributed by atoms with van der Waals surface area (Å²) in [6, 6.07) is 8.21. The molecule has 0 aromatic heterocycles. The second-order valence-electron chi connectivity index (χ2n) is 5.75. The fourth-order valence-electron chi connectivity index (χ4n) is 3.65. The van der Waals surface area contributed by atoms with E-state index in [1.165, 1.54) is 5.56 Å². The zero-order valence-corrected chi connectivity index (χ0v) is 12.6. The fourth-order valence-corrected chi connectivity index (χ4v) is 3.65. The first kappa shape index (κ1) is 15.4. The third kappa shape index (κ3) is 2.17. The minimum atomic E-state index is -1.19. The molecule has 4 nitrogen and oxygen atoms in total. The summed E-state index contributed by atoms with van der Waals surface area (Å²) < 4.78 is 10.7. The number of aliphatic hydroxyl groups is 1. The van der Waals surface area contributed by atoms with Gasteiger partial charge < -0.3 is 20.3 Å². The number of fused-ring (bicyclic) bond motifs is 1. The molecule has 0 saturated carbocycles. The summed E-state index contributed by atoms with van der Waals surface area (Å²) in [4.78, 5) is 0. The van der Waals surface area contributed by atoms with E-state index >= 15 is 0 Å². The van der Waals surface area contributed by atoms with Gasteiger partial charge in [-0.15, -0.1) is 0 Å². The highest BCUT2D eigenvalue weighted by atomic mass is 16.7. The van der Waals surface area contributed by atoms with Crippen molar-refractivity contribution in [1.29, 1.82) is 0 Å². The van der Waals surface area contributed by atoms with Crippen LogP contribution in [0.25, 0.3) is 0 Å². The van der Waals surface area contributed by atoms with Crippen molar-refractivity contribution in [1.82, 2.24) is 0 Å². The molecule has 0 saturated heterocycles. The first-order valence-electron chi connectivity index (χ1n) is 7.10.